The second-order valence-electron chi connectivity index (χ2n) is 4.72. The number of anilines is 1. The van der Waals surface area contributed by atoms with Gasteiger partial charge < -0.3 is 4.90 Å². The van der Waals surface area contributed by atoms with Gasteiger partial charge in [-0.1, -0.05) is 29.8 Å². The summed E-state index contributed by atoms with van der Waals surface area (Å²) in [4.78, 5) is 2.05. The molecule has 0 aliphatic heterocycles. The molecule has 0 N–H and O–H groups in total. The third-order valence-corrected chi connectivity index (χ3v) is 4.13. The summed E-state index contributed by atoms with van der Waals surface area (Å²) in [5.41, 5.74) is 2.71. The van der Waals surface area contributed by atoms with E-state index in [0.29, 0.717) is 0 Å². The Bertz CT molecular complexity index is 601. The van der Waals surface area contributed by atoms with E-state index in [2.05, 4.69) is 11.8 Å². The van der Waals surface area contributed by atoms with Crippen LogP contribution in [0.3, 0.4) is 0 Å². The molecule has 0 spiro atoms. The minimum Gasteiger partial charge on any atom is -0.368 e. The maximum atomic E-state index is 13.3. The quantitative estimate of drug-likeness (QED) is 0.682. The first kappa shape index (κ1) is 15.1. The summed E-state index contributed by atoms with van der Waals surface area (Å²) in [5.74, 6) is -0.00431. The average molecular weight is 312 g/mol. The van der Waals surface area contributed by atoms with Gasteiger partial charge in [0.25, 0.3) is 0 Å². The molecule has 2 aromatic rings. The molecule has 0 amide bonds. The van der Waals surface area contributed by atoms with Gasteiger partial charge in [-0.25, -0.2) is 4.39 Å². The zero-order chi connectivity index (χ0) is 14.7. The van der Waals surface area contributed by atoms with E-state index >= 15 is 0 Å². The predicted molar refractivity (Wildman–Crippen MR) is 84.2 cm³/mol. The van der Waals surface area contributed by atoms with Gasteiger partial charge in [0.05, 0.1) is 6.04 Å². The van der Waals surface area contributed by atoms with Gasteiger partial charge in [0.15, 0.2) is 0 Å². The number of rotatable bonds is 4. The lowest BCUT2D eigenvalue weighted by Gasteiger charge is -2.29. The van der Waals surface area contributed by atoms with E-state index in [1.165, 1.54) is 12.1 Å². The molecule has 1 nitrogen and oxygen atoms in total. The average Bonchev–Trinajstić information content (AvgIpc) is 2.46. The standard InChI is InChI=1S/C16H16Cl2FN/c1-11(14-5-3-4-6-15(14)18)20(2)16-8-7-13(19)9-12(16)10-17/h3-9,11H,10H2,1-2H3. The van der Waals surface area contributed by atoms with Crippen molar-refractivity contribution in [2.24, 2.45) is 0 Å². The molecular weight excluding hydrogens is 296 g/mol. The fourth-order valence-electron chi connectivity index (χ4n) is 2.24. The van der Waals surface area contributed by atoms with Gasteiger partial charge in [-0.05, 0) is 42.3 Å². The highest BCUT2D eigenvalue weighted by Crippen LogP contribution is 2.32. The zero-order valence-electron chi connectivity index (χ0n) is 11.4. The van der Waals surface area contributed by atoms with E-state index in [1.807, 2.05) is 31.3 Å². The van der Waals surface area contributed by atoms with Crippen molar-refractivity contribution >= 4 is 28.9 Å². The molecule has 0 bridgehead atoms. The lowest BCUT2D eigenvalue weighted by Crippen LogP contribution is -2.23. The third kappa shape index (κ3) is 3.08. The van der Waals surface area contributed by atoms with Crippen LogP contribution in [0.2, 0.25) is 5.02 Å². The summed E-state index contributed by atoms with van der Waals surface area (Å²) in [6.45, 7) is 2.06. The lowest BCUT2D eigenvalue weighted by molar-refractivity contribution is 0.625. The van der Waals surface area contributed by atoms with Crippen molar-refractivity contribution in [1.29, 1.82) is 0 Å². The molecule has 4 heteroatoms. The van der Waals surface area contributed by atoms with Crippen LogP contribution in [0.5, 0.6) is 0 Å². The van der Waals surface area contributed by atoms with Crippen LogP contribution in [-0.4, -0.2) is 7.05 Å². The highest BCUT2D eigenvalue weighted by Gasteiger charge is 2.17. The molecule has 0 saturated carbocycles. The summed E-state index contributed by atoms with van der Waals surface area (Å²) >= 11 is 12.1. The van der Waals surface area contributed by atoms with Gasteiger partial charge in [0.2, 0.25) is 0 Å². The molecule has 20 heavy (non-hydrogen) atoms. The van der Waals surface area contributed by atoms with Gasteiger partial charge >= 0.3 is 0 Å². The Morgan fingerprint density at radius 2 is 1.90 bits per heavy atom. The molecule has 0 radical (unpaired) electrons. The Kier molecular flexibility index (Phi) is 4.90. The van der Waals surface area contributed by atoms with Gasteiger partial charge in [0, 0.05) is 23.6 Å². The van der Waals surface area contributed by atoms with E-state index in [4.69, 9.17) is 23.2 Å². The van der Waals surface area contributed by atoms with Gasteiger partial charge in [-0.3, -0.25) is 0 Å². The first-order valence-corrected chi connectivity index (χ1v) is 7.27. The predicted octanol–water partition coefficient (Wildman–Crippen LogP) is 5.42. The van der Waals surface area contributed by atoms with E-state index in [0.717, 1.165) is 21.8 Å². The van der Waals surface area contributed by atoms with Crippen molar-refractivity contribution in [1.82, 2.24) is 0 Å². The Morgan fingerprint density at radius 3 is 2.55 bits per heavy atom. The SMILES string of the molecule is CC(c1ccccc1Cl)N(C)c1ccc(F)cc1CCl. The number of benzene rings is 2. The van der Waals surface area contributed by atoms with Gasteiger partial charge in [-0.2, -0.15) is 0 Å². The Balaban J connectivity index is 2.36. The summed E-state index contributed by atoms with van der Waals surface area (Å²) < 4.78 is 13.3. The van der Waals surface area contributed by atoms with Crippen LogP contribution >= 0.6 is 23.2 Å². The maximum absolute atomic E-state index is 13.3. The number of halogens is 3. The van der Waals surface area contributed by atoms with Gasteiger partial charge in [-0.15, -0.1) is 11.6 Å². The maximum Gasteiger partial charge on any atom is 0.123 e. The zero-order valence-corrected chi connectivity index (χ0v) is 12.9. The van der Waals surface area contributed by atoms with Crippen LogP contribution in [0, 0.1) is 5.82 Å². The molecular formula is C16H16Cl2FN. The highest BCUT2D eigenvalue weighted by atomic mass is 35.5. The summed E-state index contributed by atoms with van der Waals surface area (Å²) in [6, 6.07) is 12.5. The van der Waals surface area contributed by atoms with Crippen molar-refractivity contribution in [3.8, 4) is 0 Å². The molecule has 0 heterocycles. The Labute approximate surface area is 128 Å². The molecule has 0 saturated heterocycles. The molecule has 0 aliphatic rings. The van der Waals surface area contributed by atoms with E-state index in [1.54, 1.807) is 6.07 Å². The van der Waals surface area contributed by atoms with Crippen LogP contribution < -0.4 is 4.90 Å². The van der Waals surface area contributed by atoms with Crippen molar-refractivity contribution < 1.29 is 4.39 Å². The number of alkyl halides is 1. The van der Waals surface area contributed by atoms with Gasteiger partial charge in [0.1, 0.15) is 5.82 Å². The van der Waals surface area contributed by atoms with Crippen LogP contribution in [0.15, 0.2) is 42.5 Å². The Morgan fingerprint density at radius 1 is 1.20 bits per heavy atom. The second kappa shape index (κ2) is 6.47. The first-order valence-electron chi connectivity index (χ1n) is 6.36. The largest absolute Gasteiger partial charge is 0.368 e. The molecule has 2 aromatic carbocycles. The minimum atomic E-state index is -0.275. The van der Waals surface area contributed by atoms with E-state index in [-0.39, 0.29) is 17.7 Å². The molecule has 2 rings (SSSR count). The number of nitrogens with zero attached hydrogens (tertiary/aromatic N) is 1. The fourth-order valence-corrected chi connectivity index (χ4v) is 2.74. The third-order valence-electron chi connectivity index (χ3n) is 3.50. The second-order valence-corrected chi connectivity index (χ2v) is 5.39. The normalized spacial score (nSPS) is 12.2. The van der Waals surface area contributed by atoms with Crippen LogP contribution in [0.1, 0.15) is 24.1 Å². The lowest BCUT2D eigenvalue weighted by atomic mass is 10.1. The monoisotopic (exact) mass is 311 g/mol. The summed E-state index contributed by atoms with van der Waals surface area (Å²) in [6.07, 6.45) is 0. The van der Waals surface area contributed by atoms with Crippen LogP contribution in [-0.2, 0) is 5.88 Å². The van der Waals surface area contributed by atoms with E-state index in [9.17, 15) is 4.39 Å². The van der Waals surface area contributed by atoms with Crippen LogP contribution in [0.4, 0.5) is 10.1 Å². The molecule has 1 unspecified atom stereocenters. The molecule has 1 atom stereocenters. The van der Waals surface area contributed by atoms with E-state index < -0.39 is 0 Å². The topological polar surface area (TPSA) is 3.24 Å². The Hall–Kier alpha value is -1.25. The molecule has 0 aromatic heterocycles. The van der Waals surface area contributed by atoms with Crippen molar-refractivity contribution in [3.05, 3.63) is 64.4 Å². The number of hydrogen-bond donors (Lipinski definition) is 0. The first-order chi connectivity index (χ1) is 9.54. The summed E-state index contributed by atoms with van der Waals surface area (Å²) in [5, 5.41) is 0.724. The smallest absolute Gasteiger partial charge is 0.123 e. The minimum absolute atomic E-state index is 0.0659. The van der Waals surface area contributed by atoms with Crippen LogP contribution in [0.25, 0.3) is 0 Å². The number of hydrogen-bond acceptors (Lipinski definition) is 1. The van der Waals surface area contributed by atoms with Crippen molar-refractivity contribution in [2.75, 3.05) is 11.9 Å². The molecule has 106 valence electrons. The van der Waals surface area contributed by atoms with Crippen molar-refractivity contribution in [2.45, 2.75) is 18.8 Å². The van der Waals surface area contributed by atoms with Crippen molar-refractivity contribution in [3.63, 3.8) is 0 Å². The summed E-state index contributed by atoms with van der Waals surface area (Å²) in [7, 11) is 1.96. The highest BCUT2D eigenvalue weighted by molar-refractivity contribution is 6.31. The molecule has 0 fully saturated rings. The molecule has 0 aliphatic carbocycles. The fraction of sp³-hybridized carbons (Fsp3) is 0.250.